The number of benzene rings is 3. The van der Waals surface area contributed by atoms with Crippen molar-refractivity contribution in [1.29, 1.82) is 0 Å². The van der Waals surface area contributed by atoms with Crippen LogP contribution in [-0.2, 0) is 4.79 Å². The van der Waals surface area contributed by atoms with Gasteiger partial charge < -0.3 is 14.2 Å². The molecule has 0 radical (unpaired) electrons. The molecule has 0 saturated heterocycles. The lowest BCUT2D eigenvalue weighted by Crippen LogP contribution is -2.03. The summed E-state index contributed by atoms with van der Waals surface area (Å²) in [6, 6.07) is 19.1. The second-order valence-corrected chi connectivity index (χ2v) is 6.98. The van der Waals surface area contributed by atoms with Gasteiger partial charge >= 0.3 is 5.97 Å². The van der Waals surface area contributed by atoms with Crippen LogP contribution >= 0.6 is 0 Å². The van der Waals surface area contributed by atoms with Crippen LogP contribution in [-0.4, -0.2) is 19.2 Å². The fourth-order valence-electron chi connectivity index (χ4n) is 3.05. The molecule has 4 nitrogen and oxygen atoms in total. The highest BCUT2D eigenvalue weighted by Crippen LogP contribution is 2.25. The highest BCUT2D eigenvalue weighted by Gasteiger charge is 2.04. The van der Waals surface area contributed by atoms with Gasteiger partial charge in [-0.25, -0.2) is 4.79 Å². The molecule has 0 saturated carbocycles. The molecule has 3 aromatic rings. The number of carbonyl (C=O) groups excluding carboxylic acids is 1. The van der Waals surface area contributed by atoms with E-state index in [0.29, 0.717) is 12.4 Å². The molecule has 0 aliphatic rings. The molecule has 3 rings (SSSR count). The summed E-state index contributed by atoms with van der Waals surface area (Å²) in [6.07, 6.45) is 6.56. The van der Waals surface area contributed by atoms with Gasteiger partial charge in [-0.3, -0.25) is 0 Å². The predicted octanol–water partition coefficient (Wildman–Crippen LogP) is 6.43. The van der Waals surface area contributed by atoms with E-state index in [9.17, 15) is 4.79 Å². The average Bonchev–Trinajstić information content (AvgIpc) is 2.76. The van der Waals surface area contributed by atoms with Crippen molar-refractivity contribution in [1.82, 2.24) is 0 Å². The first-order valence-corrected chi connectivity index (χ1v) is 10.5. The molecule has 4 heteroatoms. The van der Waals surface area contributed by atoms with E-state index in [1.165, 1.54) is 18.9 Å². The molecule has 0 fully saturated rings. The molecule has 0 aromatic heterocycles. The second kappa shape index (κ2) is 11.1. The molecular formula is C26H28O4. The molecule has 0 heterocycles. The van der Waals surface area contributed by atoms with E-state index in [-0.39, 0.29) is 0 Å². The summed E-state index contributed by atoms with van der Waals surface area (Å²) < 4.78 is 16.7. The first kappa shape index (κ1) is 21.4. The number of fused-ring (bicyclic) bond motifs is 1. The number of ether oxygens (including phenoxy) is 3. The van der Waals surface area contributed by atoms with Crippen molar-refractivity contribution in [3.05, 3.63) is 72.3 Å². The summed E-state index contributed by atoms with van der Waals surface area (Å²) in [7, 11) is 0. The summed E-state index contributed by atoms with van der Waals surface area (Å²) in [6.45, 7) is 5.48. The van der Waals surface area contributed by atoms with Crippen molar-refractivity contribution in [2.24, 2.45) is 0 Å². The summed E-state index contributed by atoms with van der Waals surface area (Å²) in [5.41, 5.74) is 0.903. The van der Waals surface area contributed by atoms with Gasteiger partial charge in [0.1, 0.15) is 17.2 Å². The maximum atomic E-state index is 12.2. The zero-order valence-corrected chi connectivity index (χ0v) is 17.6. The molecule has 3 aromatic carbocycles. The van der Waals surface area contributed by atoms with Crippen LogP contribution in [0.25, 0.3) is 16.8 Å². The minimum atomic E-state index is -0.417. The van der Waals surface area contributed by atoms with E-state index in [2.05, 4.69) is 6.92 Å². The lowest BCUT2D eigenvalue weighted by Gasteiger charge is -2.08. The number of hydrogen-bond acceptors (Lipinski definition) is 4. The Balaban J connectivity index is 1.58. The lowest BCUT2D eigenvalue weighted by atomic mass is 10.1. The number of rotatable bonds is 10. The van der Waals surface area contributed by atoms with Crippen LogP contribution in [0.1, 0.15) is 38.7 Å². The van der Waals surface area contributed by atoms with Gasteiger partial charge in [0.25, 0.3) is 0 Å². The topological polar surface area (TPSA) is 44.8 Å². The van der Waals surface area contributed by atoms with E-state index < -0.39 is 5.97 Å². The smallest absolute Gasteiger partial charge is 0.336 e. The van der Waals surface area contributed by atoms with Crippen molar-refractivity contribution in [3.8, 4) is 17.2 Å². The lowest BCUT2D eigenvalue weighted by molar-refractivity contribution is -0.128. The zero-order chi connectivity index (χ0) is 21.2. The molecule has 0 spiro atoms. The second-order valence-electron chi connectivity index (χ2n) is 6.98. The van der Waals surface area contributed by atoms with E-state index in [1.54, 1.807) is 12.1 Å². The maximum Gasteiger partial charge on any atom is 0.336 e. The normalized spacial score (nSPS) is 11.0. The van der Waals surface area contributed by atoms with Gasteiger partial charge in [-0.1, -0.05) is 44.0 Å². The quantitative estimate of drug-likeness (QED) is 0.169. The average molecular weight is 405 g/mol. The fourth-order valence-corrected chi connectivity index (χ4v) is 3.05. The van der Waals surface area contributed by atoms with Crippen LogP contribution in [0.15, 0.2) is 66.7 Å². The minimum absolute atomic E-state index is 0.417. The maximum absolute atomic E-state index is 12.2. The third-order valence-corrected chi connectivity index (χ3v) is 4.62. The molecule has 0 aliphatic heterocycles. The van der Waals surface area contributed by atoms with Gasteiger partial charge in [-0.2, -0.15) is 0 Å². The van der Waals surface area contributed by atoms with Gasteiger partial charge in [0.15, 0.2) is 0 Å². The number of esters is 1. The molecule has 0 unspecified atom stereocenters. The molecule has 0 bridgehead atoms. The van der Waals surface area contributed by atoms with Gasteiger partial charge in [0.05, 0.1) is 13.2 Å². The van der Waals surface area contributed by atoms with Gasteiger partial charge in [-0.05, 0) is 72.2 Å². The first-order valence-electron chi connectivity index (χ1n) is 10.5. The Morgan fingerprint density at radius 1 is 0.800 bits per heavy atom. The van der Waals surface area contributed by atoms with Crippen LogP contribution in [0.2, 0.25) is 0 Å². The highest BCUT2D eigenvalue weighted by molar-refractivity contribution is 5.90. The van der Waals surface area contributed by atoms with E-state index in [1.807, 2.05) is 61.5 Å². The summed E-state index contributed by atoms with van der Waals surface area (Å²) in [4.78, 5) is 12.2. The summed E-state index contributed by atoms with van der Waals surface area (Å²) in [5.74, 6) is 1.77. The van der Waals surface area contributed by atoms with Crippen LogP contribution < -0.4 is 14.2 Å². The van der Waals surface area contributed by atoms with Gasteiger partial charge in [0, 0.05) is 6.08 Å². The Morgan fingerprint density at radius 2 is 1.47 bits per heavy atom. The standard InChI is InChI=1S/C26H28O4/c1-3-5-6-17-29-24-14-10-22-19-25(15-11-21(22)18-24)30-26(27)16-9-20-7-12-23(13-8-20)28-4-2/h7-16,18-19H,3-6,17H2,1-2H3. The Kier molecular flexibility index (Phi) is 7.90. The van der Waals surface area contributed by atoms with Gasteiger partial charge in [-0.15, -0.1) is 0 Å². The Bertz CT molecular complexity index is 990. The van der Waals surface area contributed by atoms with E-state index in [4.69, 9.17) is 14.2 Å². The van der Waals surface area contributed by atoms with E-state index in [0.717, 1.165) is 40.9 Å². The third kappa shape index (κ3) is 6.38. The molecule has 30 heavy (non-hydrogen) atoms. The summed E-state index contributed by atoms with van der Waals surface area (Å²) in [5, 5.41) is 2.05. The largest absolute Gasteiger partial charge is 0.494 e. The Hall–Kier alpha value is -3.27. The molecule has 0 amide bonds. The third-order valence-electron chi connectivity index (χ3n) is 4.62. The monoisotopic (exact) mass is 404 g/mol. The van der Waals surface area contributed by atoms with Crippen LogP contribution in [0, 0.1) is 0 Å². The number of carbonyl (C=O) groups is 1. The van der Waals surface area contributed by atoms with Crippen LogP contribution in [0.5, 0.6) is 17.2 Å². The predicted molar refractivity (Wildman–Crippen MR) is 121 cm³/mol. The highest BCUT2D eigenvalue weighted by atomic mass is 16.5. The zero-order valence-electron chi connectivity index (χ0n) is 17.6. The Morgan fingerprint density at radius 3 is 2.17 bits per heavy atom. The SMILES string of the molecule is CCCCCOc1ccc2cc(OC(=O)C=Cc3ccc(OCC)cc3)ccc2c1. The van der Waals surface area contributed by atoms with Crippen molar-refractivity contribution >= 4 is 22.8 Å². The van der Waals surface area contributed by atoms with Crippen LogP contribution in [0.4, 0.5) is 0 Å². The van der Waals surface area contributed by atoms with Crippen LogP contribution in [0.3, 0.4) is 0 Å². The van der Waals surface area contributed by atoms with E-state index >= 15 is 0 Å². The minimum Gasteiger partial charge on any atom is -0.494 e. The Labute approximate surface area is 178 Å². The summed E-state index contributed by atoms with van der Waals surface area (Å²) >= 11 is 0. The first-order chi connectivity index (χ1) is 14.7. The number of unbranched alkanes of at least 4 members (excludes halogenated alkanes) is 2. The fraction of sp³-hybridized carbons (Fsp3) is 0.269. The molecule has 0 aliphatic carbocycles. The van der Waals surface area contributed by atoms with Gasteiger partial charge in [0.2, 0.25) is 0 Å². The van der Waals surface area contributed by atoms with Crippen molar-refractivity contribution in [3.63, 3.8) is 0 Å². The van der Waals surface area contributed by atoms with Crippen molar-refractivity contribution in [2.75, 3.05) is 13.2 Å². The molecule has 0 atom stereocenters. The van der Waals surface area contributed by atoms with Crippen molar-refractivity contribution in [2.45, 2.75) is 33.1 Å². The molecule has 0 N–H and O–H groups in total. The molecule has 156 valence electrons. The van der Waals surface area contributed by atoms with Crippen molar-refractivity contribution < 1.29 is 19.0 Å². The molecular weight excluding hydrogens is 376 g/mol. The number of hydrogen-bond donors (Lipinski definition) is 0.